The Kier molecular flexibility index (Phi) is 22.3. The highest BCUT2D eigenvalue weighted by molar-refractivity contribution is 5.86. The van der Waals surface area contributed by atoms with Gasteiger partial charge in [0.15, 0.2) is 0 Å². The maximum atomic E-state index is 13.3. The van der Waals surface area contributed by atoms with Gasteiger partial charge in [0.25, 0.3) is 0 Å². The molecule has 4 nitrogen and oxygen atoms in total. The summed E-state index contributed by atoms with van der Waals surface area (Å²) in [5.74, 6) is -1.93. The molecule has 0 saturated carbocycles. The number of ether oxygens (including phenoxy) is 1. The average Bonchev–Trinajstić information content (AvgIpc) is 2.94. The molecule has 1 aliphatic rings. The van der Waals surface area contributed by atoms with Crippen molar-refractivity contribution in [1.29, 1.82) is 0 Å². The maximum Gasteiger partial charge on any atom is 0.316 e. The second-order valence-electron chi connectivity index (χ2n) is 12.8. The Morgan fingerprint density at radius 3 is 1.45 bits per heavy atom. The van der Waals surface area contributed by atoms with Crippen molar-refractivity contribution in [3.63, 3.8) is 0 Å². The van der Waals surface area contributed by atoms with Gasteiger partial charge in [-0.25, -0.2) is 0 Å². The van der Waals surface area contributed by atoms with E-state index in [1.807, 2.05) is 6.08 Å². The molecule has 1 N–H and O–H groups in total. The molecular weight excluding hydrogens is 496 g/mol. The summed E-state index contributed by atoms with van der Waals surface area (Å²) in [6.07, 6.45) is 35.4. The zero-order valence-electron chi connectivity index (χ0n) is 26.9. The van der Waals surface area contributed by atoms with Gasteiger partial charge in [-0.05, 0) is 45.4 Å². The van der Waals surface area contributed by atoms with Crippen molar-refractivity contribution in [3.8, 4) is 0 Å². The number of carbonyl (C=O) groups excluding carboxylic acids is 1. The lowest BCUT2D eigenvalue weighted by Gasteiger charge is -2.34. The van der Waals surface area contributed by atoms with Crippen LogP contribution in [0.5, 0.6) is 0 Å². The predicted octanol–water partition coefficient (Wildman–Crippen LogP) is 11.4. The van der Waals surface area contributed by atoms with Gasteiger partial charge in [-0.1, -0.05) is 154 Å². The molecule has 234 valence electrons. The highest BCUT2D eigenvalue weighted by Gasteiger charge is 2.46. The Bertz CT molecular complexity index is 631. The number of hydrogen-bond acceptors (Lipinski definition) is 3. The van der Waals surface area contributed by atoms with E-state index < -0.39 is 17.3 Å². The van der Waals surface area contributed by atoms with Crippen LogP contribution in [-0.4, -0.2) is 23.1 Å². The first-order valence-corrected chi connectivity index (χ1v) is 17.6. The monoisotopic (exact) mass is 562 g/mol. The van der Waals surface area contributed by atoms with Crippen LogP contribution >= 0.6 is 0 Å². The smallest absolute Gasteiger partial charge is 0.316 e. The van der Waals surface area contributed by atoms with Gasteiger partial charge in [0.2, 0.25) is 0 Å². The molecule has 0 bridgehead atoms. The first-order valence-electron chi connectivity index (χ1n) is 17.6. The fraction of sp³-hybridized carbons (Fsp3) is 0.889. The number of aliphatic carboxylic acids is 1. The number of carboxylic acid groups (broad SMARTS) is 1. The minimum atomic E-state index is -1.06. The van der Waals surface area contributed by atoms with Gasteiger partial charge in [-0.15, -0.1) is 0 Å². The molecule has 0 amide bonds. The normalized spacial score (nSPS) is 18.9. The van der Waals surface area contributed by atoms with Crippen molar-refractivity contribution in [3.05, 3.63) is 12.2 Å². The highest BCUT2D eigenvalue weighted by Crippen LogP contribution is 2.38. The van der Waals surface area contributed by atoms with E-state index in [4.69, 9.17) is 4.74 Å². The molecule has 0 heterocycles. The zero-order chi connectivity index (χ0) is 29.3. The first-order chi connectivity index (χ1) is 19.5. The van der Waals surface area contributed by atoms with Gasteiger partial charge < -0.3 is 9.84 Å². The summed E-state index contributed by atoms with van der Waals surface area (Å²) < 4.78 is 6.10. The molecule has 2 atom stereocenters. The minimum absolute atomic E-state index is 0.0915. The second-order valence-corrected chi connectivity index (χ2v) is 12.8. The Balaban J connectivity index is 2.40. The summed E-state index contributed by atoms with van der Waals surface area (Å²) in [5, 5.41) is 9.75. The predicted molar refractivity (Wildman–Crippen MR) is 170 cm³/mol. The Labute approximate surface area is 248 Å². The number of rotatable bonds is 27. The third-order valence-electron chi connectivity index (χ3n) is 9.08. The van der Waals surface area contributed by atoms with Crippen LogP contribution in [0.25, 0.3) is 0 Å². The number of carboxylic acids is 1. The lowest BCUT2D eigenvalue weighted by Crippen LogP contribution is -2.42. The summed E-state index contributed by atoms with van der Waals surface area (Å²) in [5.41, 5.74) is -1.06. The summed E-state index contributed by atoms with van der Waals surface area (Å²) in [6.45, 7) is 6.29. The molecule has 0 radical (unpaired) electrons. The van der Waals surface area contributed by atoms with E-state index >= 15 is 0 Å². The van der Waals surface area contributed by atoms with Crippen molar-refractivity contribution >= 4 is 11.9 Å². The van der Waals surface area contributed by atoms with Gasteiger partial charge in [-0.3, -0.25) is 9.59 Å². The van der Waals surface area contributed by atoms with Crippen molar-refractivity contribution in [2.75, 3.05) is 0 Å². The van der Waals surface area contributed by atoms with Crippen LogP contribution in [0.1, 0.15) is 188 Å². The Morgan fingerprint density at radius 1 is 0.700 bits per heavy atom. The summed E-state index contributed by atoms with van der Waals surface area (Å²) in [4.78, 5) is 25.2. The topological polar surface area (TPSA) is 63.6 Å². The van der Waals surface area contributed by atoms with E-state index in [0.29, 0.717) is 12.8 Å². The molecule has 0 aliphatic heterocycles. The Hall–Kier alpha value is -1.32. The van der Waals surface area contributed by atoms with Crippen molar-refractivity contribution < 1.29 is 19.4 Å². The van der Waals surface area contributed by atoms with Gasteiger partial charge in [0.05, 0.1) is 11.3 Å². The number of carbonyl (C=O) groups is 2. The van der Waals surface area contributed by atoms with Gasteiger partial charge in [-0.2, -0.15) is 0 Å². The molecule has 2 unspecified atom stereocenters. The standard InChI is InChI=1S/C36H66O4/c1-4-6-8-10-12-14-16-18-20-22-24-28-32(29-25-23-21-19-17-15-13-11-9-7-5-2)40-35(39)36(3)31-27-26-30-33(36)34(37)38/h27,31-33H,4-26,28-30H2,1-3H3,(H,37,38). The second kappa shape index (κ2) is 24.3. The van der Waals surface area contributed by atoms with Gasteiger partial charge >= 0.3 is 11.9 Å². The summed E-state index contributed by atoms with van der Waals surface area (Å²) in [7, 11) is 0. The molecule has 4 heteroatoms. The van der Waals surface area contributed by atoms with Crippen LogP contribution in [0.4, 0.5) is 0 Å². The van der Waals surface area contributed by atoms with E-state index in [1.54, 1.807) is 13.0 Å². The van der Waals surface area contributed by atoms with E-state index in [2.05, 4.69) is 13.8 Å². The van der Waals surface area contributed by atoms with Crippen molar-refractivity contribution in [1.82, 2.24) is 0 Å². The molecule has 0 aromatic carbocycles. The quantitative estimate of drug-likeness (QED) is 0.0614. The molecule has 1 rings (SSSR count). The highest BCUT2D eigenvalue weighted by atomic mass is 16.5. The average molecular weight is 563 g/mol. The molecule has 0 saturated heterocycles. The molecular formula is C36H66O4. The van der Waals surface area contributed by atoms with Crippen LogP contribution < -0.4 is 0 Å². The van der Waals surface area contributed by atoms with E-state index in [-0.39, 0.29) is 12.1 Å². The SMILES string of the molecule is CCCCCCCCCCCCCC(CCCCCCCCCCCCC)OC(=O)C1(C)C=CCCC1C(=O)O. The number of allylic oxidation sites excluding steroid dienone is 1. The Morgan fingerprint density at radius 2 is 1.07 bits per heavy atom. The van der Waals surface area contributed by atoms with E-state index in [1.165, 1.54) is 128 Å². The van der Waals surface area contributed by atoms with Gasteiger partial charge in [0, 0.05) is 0 Å². The van der Waals surface area contributed by atoms with Crippen LogP contribution in [0.15, 0.2) is 12.2 Å². The zero-order valence-corrected chi connectivity index (χ0v) is 26.9. The van der Waals surface area contributed by atoms with Crippen molar-refractivity contribution in [2.24, 2.45) is 11.3 Å². The minimum Gasteiger partial charge on any atom is -0.481 e. The lowest BCUT2D eigenvalue weighted by atomic mass is 9.71. The fourth-order valence-electron chi connectivity index (χ4n) is 6.21. The third kappa shape index (κ3) is 16.8. The molecule has 40 heavy (non-hydrogen) atoms. The fourth-order valence-corrected chi connectivity index (χ4v) is 6.21. The van der Waals surface area contributed by atoms with E-state index in [0.717, 1.165) is 25.7 Å². The molecule has 0 spiro atoms. The lowest BCUT2D eigenvalue weighted by molar-refractivity contribution is -0.168. The number of esters is 1. The van der Waals surface area contributed by atoms with Gasteiger partial charge in [0.1, 0.15) is 6.10 Å². The summed E-state index contributed by atoms with van der Waals surface area (Å²) in [6, 6.07) is 0. The molecule has 1 aliphatic carbocycles. The number of hydrogen-bond donors (Lipinski definition) is 1. The van der Waals surface area contributed by atoms with Crippen LogP contribution in [-0.2, 0) is 14.3 Å². The van der Waals surface area contributed by atoms with Crippen LogP contribution in [0.2, 0.25) is 0 Å². The molecule has 0 fully saturated rings. The largest absolute Gasteiger partial charge is 0.481 e. The first kappa shape index (κ1) is 36.7. The molecule has 0 aromatic heterocycles. The summed E-state index contributed by atoms with van der Waals surface area (Å²) >= 11 is 0. The van der Waals surface area contributed by atoms with Crippen LogP contribution in [0, 0.1) is 11.3 Å². The van der Waals surface area contributed by atoms with Crippen LogP contribution in [0.3, 0.4) is 0 Å². The van der Waals surface area contributed by atoms with E-state index in [9.17, 15) is 14.7 Å². The number of unbranched alkanes of at least 4 members (excludes halogenated alkanes) is 20. The maximum absolute atomic E-state index is 13.3. The molecule has 0 aromatic rings. The third-order valence-corrected chi connectivity index (χ3v) is 9.08. The van der Waals surface area contributed by atoms with Crippen molar-refractivity contribution in [2.45, 2.75) is 194 Å².